The molecule has 1 aromatic rings. The number of hydrogen-bond acceptors (Lipinski definition) is 3. The van der Waals surface area contributed by atoms with Crippen molar-refractivity contribution >= 4 is 23.5 Å². The molecular formula is C10H12N4O3. The number of carboxylic acids is 1. The smallest absolute Gasteiger partial charge is 0.322 e. The summed E-state index contributed by atoms with van der Waals surface area (Å²) in [6, 6.07) is 6.10. The van der Waals surface area contributed by atoms with Gasteiger partial charge < -0.3 is 21.9 Å². The molecule has 0 unspecified atom stereocenters. The van der Waals surface area contributed by atoms with Gasteiger partial charge >= 0.3 is 5.97 Å². The van der Waals surface area contributed by atoms with Crippen molar-refractivity contribution in [1.29, 1.82) is 0 Å². The molecule has 90 valence electrons. The molecule has 0 bridgehead atoms. The van der Waals surface area contributed by atoms with E-state index in [2.05, 4.69) is 10.3 Å². The third kappa shape index (κ3) is 4.20. The van der Waals surface area contributed by atoms with Gasteiger partial charge in [0, 0.05) is 5.56 Å². The third-order valence-corrected chi connectivity index (χ3v) is 1.79. The highest BCUT2D eigenvalue weighted by Gasteiger charge is 2.06. The quantitative estimate of drug-likeness (QED) is 0.409. The molecule has 0 aliphatic carbocycles. The molecule has 0 saturated carbocycles. The summed E-state index contributed by atoms with van der Waals surface area (Å²) >= 11 is 0. The molecule has 0 spiro atoms. The van der Waals surface area contributed by atoms with Crippen LogP contribution in [0, 0.1) is 0 Å². The molecule has 6 N–H and O–H groups in total. The Labute approximate surface area is 97.1 Å². The van der Waals surface area contributed by atoms with E-state index in [1.54, 1.807) is 12.1 Å². The van der Waals surface area contributed by atoms with Crippen molar-refractivity contribution in [2.24, 2.45) is 16.5 Å². The number of aliphatic carboxylic acids is 1. The van der Waals surface area contributed by atoms with Crippen LogP contribution in [-0.2, 0) is 4.79 Å². The van der Waals surface area contributed by atoms with Crippen molar-refractivity contribution in [3.05, 3.63) is 29.8 Å². The minimum atomic E-state index is -1.10. The van der Waals surface area contributed by atoms with Gasteiger partial charge in [0.2, 0.25) is 0 Å². The van der Waals surface area contributed by atoms with E-state index in [1.807, 2.05) is 0 Å². The second-order valence-electron chi connectivity index (χ2n) is 3.16. The summed E-state index contributed by atoms with van der Waals surface area (Å²) in [5, 5.41) is 10.6. The van der Waals surface area contributed by atoms with Crippen LogP contribution in [0.15, 0.2) is 29.3 Å². The van der Waals surface area contributed by atoms with E-state index in [-0.39, 0.29) is 5.96 Å². The fourth-order valence-electron chi connectivity index (χ4n) is 1.09. The first-order valence-electron chi connectivity index (χ1n) is 4.68. The van der Waals surface area contributed by atoms with Crippen molar-refractivity contribution in [3.63, 3.8) is 0 Å². The summed E-state index contributed by atoms with van der Waals surface area (Å²) in [5.74, 6) is -1.65. The number of hydrogen-bond donors (Lipinski definition) is 4. The summed E-state index contributed by atoms with van der Waals surface area (Å²) in [5.41, 5.74) is 11.2. The van der Waals surface area contributed by atoms with E-state index in [0.717, 1.165) is 0 Å². The molecule has 1 amide bonds. The van der Waals surface area contributed by atoms with Crippen LogP contribution in [0.5, 0.6) is 0 Å². The molecule has 0 saturated heterocycles. The summed E-state index contributed by atoms with van der Waals surface area (Å²) in [7, 11) is 0. The van der Waals surface area contributed by atoms with Crippen LogP contribution < -0.4 is 16.8 Å². The van der Waals surface area contributed by atoms with Crippen LogP contribution in [0.25, 0.3) is 0 Å². The van der Waals surface area contributed by atoms with Crippen molar-refractivity contribution in [2.45, 2.75) is 0 Å². The number of nitrogens with one attached hydrogen (secondary N) is 1. The van der Waals surface area contributed by atoms with Crippen molar-refractivity contribution < 1.29 is 14.7 Å². The number of carboxylic acid groups (broad SMARTS) is 1. The number of nitrogens with zero attached hydrogens (tertiary/aromatic N) is 1. The Bertz CT molecular complexity index is 449. The highest BCUT2D eigenvalue weighted by Crippen LogP contribution is 2.12. The van der Waals surface area contributed by atoms with Gasteiger partial charge in [0.1, 0.15) is 6.54 Å². The Hall–Kier alpha value is -2.57. The Morgan fingerprint density at radius 3 is 2.29 bits per heavy atom. The number of carbonyl (C=O) groups is 2. The zero-order valence-corrected chi connectivity index (χ0v) is 8.88. The Morgan fingerprint density at radius 1 is 1.24 bits per heavy atom. The number of guanidine groups is 1. The lowest BCUT2D eigenvalue weighted by atomic mass is 10.2. The lowest BCUT2D eigenvalue weighted by Crippen LogP contribution is -2.29. The topological polar surface area (TPSA) is 131 Å². The maximum Gasteiger partial charge on any atom is 0.322 e. The minimum Gasteiger partial charge on any atom is -0.480 e. The van der Waals surface area contributed by atoms with E-state index in [0.29, 0.717) is 11.3 Å². The zero-order chi connectivity index (χ0) is 12.8. The first-order valence-corrected chi connectivity index (χ1v) is 4.68. The van der Waals surface area contributed by atoms with Gasteiger partial charge in [-0.3, -0.25) is 9.59 Å². The first-order chi connectivity index (χ1) is 7.99. The number of amides is 1. The first kappa shape index (κ1) is 12.5. The molecule has 0 radical (unpaired) electrons. The SMILES string of the molecule is NC(N)=Nc1ccc(C(=O)NCC(=O)O)cc1. The van der Waals surface area contributed by atoms with Gasteiger partial charge in [-0.05, 0) is 24.3 Å². The highest BCUT2D eigenvalue weighted by atomic mass is 16.4. The van der Waals surface area contributed by atoms with Crippen LogP contribution >= 0.6 is 0 Å². The molecule has 7 heteroatoms. The normalized spacial score (nSPS) is 9.41. The summed E-state index contributed by atoms with van der Waals surface area (Å²) in [4.78, 5) is 25.5. The largest absolute Gasteiger partial charge is 0.480 e. The second-order valence-corrected chi connectivity index (χ2v) is 3.16. The van der Waals surface area contributed by atoms with Crippen LogP contribution in [0.3, 0.4) is 0 Å². The molecule has 0 aliphatic heterocycles. The standard InChI is InChI=1S/C10H12N4O3/c11-10(12)14-7-3-1-6(2-4-7)9(17)13-5-8(15)16/h1-4H,5H2,(H,13,17)(H,15,16)(H4,11,12,14). The molecule has 0 aromatic heterocycles. The van der Waals surface area contributed by atoms with E-state index in [1.165, 1.54) is 12.1 Å². The molecular weight excluding hydrogens is 224 g/mol. The molecule has 1 aromatic carbocycles. The van der Waals surface area contributed by atoms with E-state index >= 15 is 0 Å². The van der Waals surface area contributed by atoms with Crippen molar-refractivity contribution in [1.82, 2.24) is 5.32 Å². The van der Waals surface area contributed by atoms with Crippen molar-refractivity contribution in [2.75, 3.05) is 6.54 Å². The fourth-order valence-corrected chi connectivity index (χ4v) is 1.09. The van der Waals surface area contributed by atoms with E-state index in [9.17, 15) is 9.59 Å². The van der Waals surface area contributed by atoms with E-state index in [4.69, 9.17) is 16.6 Å². The van der Waals surface area contributed by atoms with Gasteiger partial charge in [-0.1, -0.05) is 0 Å². The average molecular weight is 236 g/mol. The van der Waals surface area contributed by atoms with Gasteiger partial charge in [0.25, 0.3) is 5.91 Å². The number of benzene rings is 1. The average Bonchev–Trinajstić information content (AvgIpc) is 2.26. The Kier molecular flexibility index (Phi) is 4.04. The number of aliphatic imine (C=N–C) groups is 1. The monoisotopic (exact) mass is 236 g/mol. The predicted octanol–water partition coefficient (Wildman–Crippen LogP) is -0.594. The Morgan fingerprint density at radius 2 is 1.82 bits per heavy atom. The van der Waals surface area contributed by atoms with E-state index < -0.39 is 18.4 Å². The maximum atomic E-state index is 11.4. The van der Waals surface area contributed by atoms with Crippen molar-refractivity contribution in [3.8, 4) is 0 Å². The zero-order valence-electron chi connectivity index (χ0n) is 8.88. The van der Waals surface area contributed by atoms with Gasteiger partial charge in [-0.2, -0.15) is 0 Å². The molecule has 0 atom stereocenters. The fraction of sp³-hybridized carbons (Fsp3) is 0.100. The lowest BCUT2D eigenvalue weighted by Gasteiger charge is -2.02. The number of nitrogens with two attached hydrogens (primary N) is 2. The van der Waals surface area contributed by atoms with Crippen LogP contribution in [0.2, 0.25) is 0 Å². The third-order valence-electron chi connectivity index (χ3n) is 1.79. The summed E-state index contributed by atoms with van der Waals surface area (Å²) in [6.07, 6.45) is 0. The van der Waals surface area contributed by atoms with Crippen LogP contribution in [0.1, 0.15) is 10.4 Å². The Balaban J connectivity index is 2.70. The number of rotatable bonds is 4. The summed E-state index contributed by atoms with van der Waals surface area (Å²) in [6.45, 7) is -0.422. The van der Waals surface area contributed by atoms with Gasteiger partial charge in [-0.25, -0.2) is 4.99 Å². The second kappa shape index (κ2) is 5.50. The molecule has 0 fully saturated rings. The minimum absolute atomic E-state index is 0.0759. The van der Waals surface area contributed by atoms with Gasteiger partial charge in [0.15, 0.2) is 5.96 Å². The lowest BCUT2D eigenvalue weighted by molar-refractivity contribution is -0.135. The molecule has 0 heterocycles. The molecule has 1 rings (SSSR count). The number of carbonyl (C=O) groups excluding carboxylic acids is 1. The predicted molar refractivity (Wildman–Crippen MR) is 61.9 cm³/mol. The van der Waals surface area contributed by atoms with Gasteiger partial charge in [-0.15, -0.1) is 0 Å². The highest BCUT2D eigenvalue weighted by molar-refractivity contribution is 5.96. The molecule has 0 aliphatic rings. The van der Waals surface area contributed by atoms with Gasteiger partial charge in [0.05, 0.1) is 5.69 Å². The van der Waals surface area contributed by atoms with Crippen LogP contribution in [0.4, 0.5) is 5.69 Å². The van der Waals surface area contributed by atoms with Crippen LogP contribution in [-0.4, -0.2) is 29.5 Å². The molecule has 7 nitrogen and oxygen atoms in total. The maximum absolute atomic E-state index is 11.4. The summed E-state index contributed by atoms with van der Waals surface area (Å²) < 4.78 is 0. The molecule has 17 heavy (non-hydrogen) atoms.